The number of carbonyl (C=O) groups is 2. The predicted molar refractivity (Wildman–Crippen MR) is 102 cm³/mol. The zero-order chi connectivity index (χ0) is 18.2. The number of amides is 2. The first-order chi connectivity index (χ1) is 12.0. The highest BCUT2D eigenvalue weighted by molar-refractivity contribution is 6.31. The monoisotopic (exact) mass is 365 g/mol. The summed E-state index contributed by atoms with van der Waals surface area (Å²) in [5, 5.41) is 9.69. The molecule has 0 radical (unpaired) electrons. The Hall–Kier alpha value is -1.59. The second-order valence-corrected chi connectivity index (χ2v) is 7.26. The Labute approximate surface area is 154 Å². The molecule has 1 heterocycles. The predicted octanol–water partition coefficient (Wildman–Crippen LogP) is 3.12. The Morgan fingerprint density at radius 2 is 2.16 bits per heavy atom. The van der Waals surface area contributed by atoms with Crippen molar-refractivity contribution in [2.45, 2.75) is 39.5 Å². The molecular formula is C19H28ClN3O2. The molecule has 0 bridgehead atoms. The smallest absolute Gasteiger partial charge is 0.226 e. The zero-order valence-corrected chi connectivity index (χ0v) is 15.8. The van der Waals surface area contributed by atoms with E-state index in [9.17, 15) is 9.59 Å². The van der Waals surface area contributed by atoms with Crippen LogP contribution in [0.3, 0.4) is 0 Å². The summed E-state index contributed by atoms with van der Waals surface area (Å²) in [6.07, 6.45) is 3.13. The Morgan fingerprint density at radius 3 is 2.88 bits per heavy atom. The van der Waals surface area contributed by atoms with Crippen LogP contribution in [0.2, 0.25) is 5.02 Å². The number of rotatable bonds is 7. The van der Waals surface area contributed by atoms with Crippen LogP contribution in [0.25, 0.3) is 0 Å². The van der Waals surface area contributed by atoms with Crippen LogP contribution in [0.15, 0.2) is 18.2 Å². The standard InChI is InChI=1S/C19H28ClN3O2/c1-13(15-5-4-9-21-12-15)11-19(25)22-10-8-18(24)23-17-7-3-6-16(20)14(17)2/h3,6-7,13,15,21H,4-5,8-12H2,1-2H3,(H,22,25)(H,23,24). The van der Waals surface area contributed by atoms with E-state index in [1.165, 1.54) is 12.8 Å². The first kappa shape index (κ1) is 19.7. The number of hydrogen-bond acceptors (Lipinski definition) is 3. The summed E-state index contributed by atoms with van der Waals surface area (Å²) >= 11 is 6.04. The van der Waals surface area contributed by atoms with Crippen LogP contribution in [0, 0.1) is 18.8 Å². The van der Waals surface area contributed by atoms with E-state index in [1.54, 1.807) is 12.1 Å². The Kier molecular flexibility index (Phi) is 7.72. The minimum atomic E-state index is -0.129. The first-order valence-corrected chi connectivity index (χ1v) is 9.37. The average molecular weight is 366 g/mol. The maximum atomic E-state index is 12.1. The van der Waals surface area contributed by atoms with E-state index in [4.69, 9.17) is 11.6 Å². The number of piperidine rings is 1. The Bertz CT molecular complexity index is 600. The molecule has 1 aliphatic heterocycles. The van der Waals surface area contributed by atoms with Crippen LogP contribution in [-0.4, -0.2) is 31.4 Å². The third kappa shape index (κ3) is 6.33. The summed E-state index contributed by atoms with van der Waals surface area (Å²) in [7, 11) is 0. The summed E-state index contributed by atoms with van der Waals surface area (Å²) < 4.78 is 0. The van der Waals surface area contributed by atoms with E-state index in [0.29, 0.717) is 35.5 Å². The summed E-state index contributed by atoms with van der Waals surface area (Å²) in [6.45, 7) is 6.42. The summed E-state index contributed by atoms with van der Waals surface area (Å²) in [5.74, 6) is 0.810. The molecule has 2 rings (SSSR count). The van der Waals surface area contributed by atoms with Crippen molar-refractivity contribution >= 4 is 29.1 Å². The van der Waals surface area contributed by atoms with Gasteiger partial charge in [0.1, 0.15) is 0 Å². The van der Waals surface area contributed by atoms with Crippen molar-refractivity contribution in [3.05, 3.63) is 28.8 Å². The summed E-state index contributed by atoms with van der Waals surface area (Å²) in [4.78, 5) is 24.1. The zero-order valence-electron chi connectivity index (χ0n) is 15.0. The molecule has 0 aliphatic carbocycles. The largest absolute Gasteiger partial charge is 0.356 e. The van der Waals surface area contributed by atoms with Gasteiger partial charge >= 0.3 is 0 Å². The van der Waals surface area contributed by atoms with Crippen molar-refractivity contribution < 1.29 is 9.59 Å². The SMILES string of the molecule is Cc1c(Cl)cccc1NC(=O)CCNC(=O)CC(C)C1CCCNC1. The molecular weight excluding hydrogens is 338 g/mol. The van der Waals surface area contributed by atoms with Crippen LogP contribution in [0.5, 0.6) is 0 Å². The number of hydrogen-bond donors (Lipinski definition) is 3. The molecule has 5 nitrogen and oxygen atoms in total. The van der Waals surface area contributed by atoms with E-state index in [0.717, 1.165) is 18.7 Å². The van der Waals surface area contributed by atoms with Crippen molar-refractivity contribution in [2.24, 2.45) is 11.8 Å². The molecule has 1 saturated heterocycles. The van der Waals surface area contributed by atoms with Gasteiger partial charge in [0.05, 0.1) is 0 Å². The first-order valence-electron chi connectivity index (χ1n) is 8.99. The van der Waals surface area contributed by atoms with Crippen LogP contribution in [-0.2, 0) is 9.59 Å². The van der Waals surface area contributed by atoms with Gasteiger partial charge in [-0.25, -0.2) is 0 Å². The van der Waals surface area contributed by atoms with Gasteiger partial charge in [-0.15, -0.1) is 0 Å². The van der Waals surface area contributed by atoms with Crippen LogP contribution in [0.1, 0.15) is 38.2 Å². The molecule has 1 aromatic rings. The minimum Gasteiger partial charge on any atom is -0.356 e. The number of anilines is 1. The quantitative estimate of drug-likeness (QED) is 0.695. The van der Waals surface area contributed by atoms with E-state index < -0.39 is 0 Å². The third-order valence-corrected chi connectivity index (χ3v) is 5.27. The highest BCUT2D eigenvalue weighted by atomic mass is 35.5. The highest BCUT2D eigenvalue weighted by Gasteiger charge is 2.21. The minimum absolute atomic E-state index is 0.0183. The van der Waals surface area contributed by atoms with Gasteiger partial charge in [-0.05, 0) is 62.4 Å². The van der Waals surface area contributed by atoms with E-state index >= 15 is 0 Å². The molecule has 0 saturated carbocycles. The maximum absolute atomic E-state index is 12.1. The van der Waals surface area contributed by atoms with Crippen molar-refractivity contribution in [3.8, 4) is 0 Å². The van der Waals surface area contributed by atoms with Crippen molar-refractivity contribution in [1.29, 1.82) is 0 Å². The normalized spacial score (nSPS) is 18.4. The fraction of sp³-hybridized carbons (Fsp3) is 0.579. The molecule has 2 unspecified atom stereocenters. The lowest BCUT2D eigenvalue weighted by molar-refractivity contribution is -0.122. The molecule has 0 aromatic heterocycles. The Balaban J connectivity index is 1.68. The van der Waals surface area contributed by atoms with Gasteiger partial charge in [-0.2, -0.15) is 0 Å². The number of benzene rings is 1. The molecule has 3 N–H and O–H groups in total. The summed E-state index contributed by atoms with van der Waals surface area (Å²) in [5.41, 5.74) is 1.55. The number of halogens is 1. The Morgan fingerprint density at radius 1 is 1.36 bits per heavy atom. The van der Waals surface area contributed by atoms with Gasteiger partial charge in [0.25, 0.3) is 0 Å². The fourth-order valence-corrected chi connectivity index (χ4v) is 3.34. The molecule has 2 amide bonds. The second kappa shape index (κ2) is 9.78. The number of carbonyl (C=O) groups excluding carboxylic acids is 2. The fourth-order valence-electron chi connectivity index (χ4n) is 3.17. The maximum Gasteiger partial charge on any atom is 0.226 e. The topological polar surface area (TPSA) is 70.2 Å². The van der Waals surface area contributed by atoms with Crippen molar-refractivity contribution in [3.63, 3.8) is 0 Å². The van der Waals surface area contributed by atoms with Gasteiger partial charge in [-0.3, -0.25) is 9.59 Å². The van der Waals surface area contributed by atoms with Gasteiger partial charge in [0, 0.05) is 30.1 Å². The van der Waals surface area contributed by atoms with Crippen molar-refractivity contribution in [1.82, 2.24) is 10.6 Å². The molecule has 1 fully saturated rings. The second-order valence-electron chi connectivity index (χ2n) is 6.85. The van der Waals surface area contributed by atoms with E-state index in [2.05, 4.69) is 22.9 Å². The lowest BCUT2D eigenvalue weighted by Gasteiger charge is -2.28. The molecule has 0 spiro atoms. The number of nitrogens with one attached hydrogen (secondary N) is 3. The molecule has 6 heteroatoms. The van der Waals surface area contributed by atoms with E-state index in [-0.39, 0.29) is 18.2 Å². The third-order valence-electron chi connectivity index (χ3n) is 4.86. The van der Waals surface area contributed by atoms with Crippen LogP contribution >= 0.6 is 11.6 Å². The van der Waals surface area contributed by atoms with E-state index in [1.807, 2.05) is 13.0 Å². The van der Waals surface area contributed by atoms with Gasteiger partial charge in [0.2, 0.25) is 11.8 Å². The lowest BCUT2D eigenvalue weighted by Crippen LogP contribution is -2.36. The van der Waals surface area contributed by atoms with Crippen LogP contribution in [0.4, 0.5) is 5.69 Å². The summed E-state index contributed by atoms with van der Waals surface area (Å²) in [6, 6.07) is 5.40. The van der Waals surface area contributed by atoms with Gasteiger partial charge < -0.3 is 16.0 Å². The van der Waals surface area contributed by atoms with Gasteiger partial charge in [-0.1, -0.05) is 24.6 Å². The molecule has 25 heavy (non-hydrogen) atoms. The molecule has 1 aromatic carbocycles. The van der Waals surface area contributed by atoms with Crippen molar-refractivity contribution in [2.75, 3.05) is 25.0 Å². The molecule has 138 valence electrons. The average Bonchev–Trinajstić information content (AvgIpc) is 2.59. The molecule has 2 atom stereocenters. The van der Waals surface area contributed by atoms with Gasteiger partial charge in [0.15, 0.2) is 0 Å². The highest BCUT2D eigenvalue weighted by Crippen LogP contribution is 2.23. The lowest BCUT2D eigenvalue weighted by atomic mass is 9.85. The van der Waals surface area contributed by atoms with Crippen LogP contribution < -0.4 is 16.0 Å². The molecule has 1 aliphatic rings.